The van der Waals surface area contributed by atoms with Crippen molar-refractivity contribution in [3.05, 3.63) is 64.1 Å². The van der Waals surface area contributed by atoms with Crippen LogP contribution in [0, 0.1) is 0 Å². The molecule has 0 saturated carbocycles. The topological polar surface area (TPSA) is 3.24 Å². The Kier molecular flexibility index (Phi) is 4.84. The molecule has 2 aromatic rings. The summed E-state index contributed by atoms with van der Waals surface area (Å²) in [7, 11) is 2.13. The fraction of sp³-hybridized carbons (Fsp3) is 0.200. The van der Waals surface area contributed by atoms with Crippen molar-refractivity contribution in [1.82, 2.24) is 0 Å². The first-order valence-corrected chi connectivity index (χ1v) is 7.72. The lowest BCUT2D eigenvalue weighted by molar-refractivity contribution is 0.912. The summed E-state index contributed by atoms with van der Waals surface area (Å²) in [5, 5.41) is 0.878. The van der Waals surface area contributed by atoms with Gasteiger partial charge in [-0.25, -0.2) is 0 Å². The summed E-state index contributed by atoms with van der Waals surface area (Å²) in [4.78, 5) is 2.27. The highest BCUT2D eigenvalue weighted by Gasteiger charge is 2.08. The molecular weight excluding hydrogens is 354 g/mol. The number of benzene rings is 2. The zero-order valence-corrected chi connectivity index (χ0v) is 13.4. The van der Waals surface area contributed by atoms with Crippen molar-refractivity contribution < 1.29 is 0 Å². The molecule has 2 rings (SSSR count). The second-order valence-electron chi connectivity index (χ2n) is 4.21. The molecule has 0 radical (unpaired) electrons. The third-order valence-electron chi connectivity index (χ3n) is 2.91. The second kappa shape index (κ2) is 6.39. The van der Waals surface area contributed by atoms with E-state index in [1.54, 1.807) is 0 Å². The maximum absolute atomic E-state index is 3.60. The molecule has 0 saturated heterocycles. The molecule has 0 aliphatic carbocycles. The van der Waals surface area contributed by atoms with Gasteiger partial charge < -0.3 is 4.90 Å². The van der Waals surface area contributed by atoms with Crippen LogP contribution in [0.2, 0.25) is 0 Å². The summed E-state index contributed by atoms with van der Waals surface area (Å²) >= 11 is 7.14. The van der Waals surface area contributed by atoms with Crippen LogP contribution in [0.1, 0.15) is 11.1 Å². The largest absolute Gasteiger partial charge is 0.370 e. The number of alkyl halides is 1. The normalized spacial score (nSPS) is 10.4. The molecule has 0 amide bonds. The zero-order valence-electron chi connectivity index (χ0n) is 10.2. The van der Waals surface area contributed by atoms with Crippen molar-refractivity contribution in [2.45, 2.75) is 11.9 Å². The number of hydrogen-bond acceptors (Lipinski definition) is 1. The molecule has 0 unspecified atom stereocenters. The van der Waals surface area contributed by atoms with Crippen LogP contribution in [-0.4, -0.2) is 7.05 Å². The van der Waals surface area contributed by atoms with Crippen LogP contribution in [0.25, 0.3) is 0 Å². The average molecular weight is 369 g/mol. The van der Waals surface area contributed by atoms with Crippen molar-refractivity contribution >= 4 is 37.5 Å². The number of hydrogen-bond donors (Lipinski definition) is 0. The van der Waals surface area contributed by atoms with E-state index in [2.05, 4.69) is 86.3 Å². The lowest BCUT2D eigenvalue weighted by Gasteiger charge is -2.22. The van der Waals surface area contributed by atoms with Gasteiger partial charge in [0.2, 0.25) is 0 Å². The van der Waals surface area contributed by atoms with Crippen LogP contribution >= 0.6 is 31.9 Å². The van der Waals surface area contributed by atoms with Crippen molar-refractivity contribution in [1.29, 1.82) is 0 Å². The van der Waals surface area contributed by atoms with E-state index in [0.717, 1.165) is 16.3 Å². The molecule has 0 atom stereocenters. The summed E-state index contributed by atoms with van der Waals surface area (Å²) in [6, 6.07) is 16.8. The van der Waals surface area contributed by atoms with Crippen LogP contribution in [0.5, 0.6) is 0 Å². The monoisotopic (exact) mass is 367 g/mol. The minimum atomic E-state index is 0.878. The first kappa shape index (κ1) is 13.6. The Hall–Kier alpha value is -0.800. The van der Waals surface area contributed by atoms with Gasteiger partial charge in [0.25, 0.3) is 0 Å². The average Bonchev–Trinajstić information content (AvgIpc) is 2.41. The highest BCUT2D eigenvalue weighted by molar-refractivity contribution is 9.10. The molecule has 0 heterocycles. The maximum atomic E-state index is 3.60. The van der Waals surface area contributed by atoms with Crippen LogP contribution in [-0.2, 0) is 11.9 Å². The third-order valence-corrected chi connectivity index (χ3v) is 4.29. The summed E-state index contributed by atoms with van der Waals surface area (Å²) < 4.78 is 1.16. The Labute approximate surface area is 125 Å². The van der Waals surface area contributed by atoms with Crippen molar-refractivity contribution in [3.63, 3.8) is 0 Å². The van der Waals surface area contributed by atoms with E-state index in [1.807, 2.05) is 6.07 Å². The molecule has 2 aromatic carbocycles. The van der Waals surface area contributed by atoms with Gasteiger partial charge in [0, 0.05) is 29.1 Å². The molecule has 0 fully saturated rings. The zero-order chi connectivity index (χ0) is 13.0. The molecule has 0 aromatic heterocycles. The van der Waals surface area contributed by atoms with E-state index < -0.39 is 0 Å². The summed E-state index contributed by atoms with van der Waals surface area (Å²) in [6.45, 7) is 0.894. The molecular formula is C15H15Br2N. The Morgan fingerprint density at radius 1 is 0.944 bits per heavy atom. The number of nitrogens with zero attached hydrogens (tertiary/aromatic N) is 1. The number of anilines is 1. The van der Waals surface area contributed by atoms with E-state index in [9.17, 15) is 0 Å². The fourth-order valence-corrected chi connectivity index (χ4v) is 2.85. The van der Waals surface area contributed by atoms with Gasteiger partial charge in [-0.3, -0.25) is 0 Å². The quantitative estimate of drug-likeness (QED) is 0.688. The third kappa shape index (κ3) is 3.15. The predicted molar refractivity (Wildman–Crippen MR) is 85.3 cm³/mol. The Bertz CT molecular complexity index is 525. The minimum absolute atomic E-state index is 0.878. The van der Waals surface area contributed by atoms with Gasteiger partial charge in [0.05, 0.1) is 0 Å². The van der Waals surface area contributed by atoms with Gasteiger partial charge in [-0.1, -0.05) is 68.3 Å². The SMILES string of the molecule is CN(Cc1ccccc1Br)c1ccccc1CBr. The van der Waals surface area contributed by atoms with Gasteiger partial charge >= 0.3 is 0 Å². The number of halogens is 2. The first-order valence-electron chi connectivity index (χ1n) is 5.81. The Morgan fingerprint density at radius 2 is 1.56 bits per heavy atom. The molecule has 0 aliphatic rings. The van der Waals surface area contributed by atoms with E-state index >= 15 is 0 Å². The molecule has 0 spiro atoms. The standard InChI is InChI=1S/C15H15Br2N/c1-18(11-13-7-2-4-8-14(13)17)15-9-5-3-6-12(15)10-16/h2-9H,10-11H2,1H3. The second-order valence-corrected chi connectivity index (χ2v) is 5.62. The van der Waals surface area contributed by atoms with Crippen LogP contribution < -0.4 is 4.90 Å². The summed E-state index contributed by atoms with van der Waals surface area (Å²) in [5.41, 5.74) is 3.88. The van der Waals surface area contributed by atoms with Crippen LogP contribution in [0.15, 0.2) is 53.0 Å². The van der Waals surface area contributed by atoms with Gasteiger partial charge in [-0.15, -0.1) is 0 Å². The summed E-state index contributed by atoms with van der Waals surface area (Å²) in [6.07, 6.45) is 0. The van der Waals surface area contributed by atoms with E-state index in [0.29, 0.717) is 0 Å². The Balaban J connectivity index is 2.22. The van der Waals surface area contributed by atoms with Crippen LogP contribution in [0.4, 0.5) is 5.69 Å². The van der Waals surface area contributed by atoms with Crippen molar-refractivity contribution in [2.24, 2.45) is 0 Å². The van der Waals surface area contributed by atoms with Crippen molar-refractivity contribution in [3.8, 4) is 0 Å². The molecule has 18 heavy (non-hydrogen) atoms. The molecule has 1 nitrogen and oxygen atoms in total. The highest BCUT2D eigenvalue weighted by Crippen LogP contribution is 2.25. The predicted octanol–water partition coefficient (Wildman–Crippen LogP) is 4.98. The fourth-order valence-electron chi connectivity index (χ4n) is 1.96. The molecule has 0 N–H and O–H groups in total. The lowest BCUT2D eigenvalue weighted by atomic mass is 10.1. The van der Waals surface area contributed by atoms with Gasteiger partial charge in [0.1, 0.15) is 0 Å². The molecule has 3 heteroatoms. The van der Waals surface area contributed by atoms with Gasteiger partial charge in [-0.05, 0) is 23.3 Å². The number of para-hydroxylation sites is 1. The van der Waals surface area contributed by atoms with E-state index in [1.165, 1.54) is 16.8 Å². The first-order chi connectivity index (χ1) is 8.72. The van der Waals surface area contributed by atoms with Crippen molar-refractivity contribution in [2.75, 3.05) is 11.9 Å². The lowest BCUT2D eigenvalue weighted by Crippen LogP contribution is -2.17. The van der Waals surface area contributed by atoms with E-state index in [-0.39, 0.29) is 0 Å². The van der Waals surface area contributed by atoms with Gasteiger partial charge in [-0.2, -0.15) is 0 Å². The highest BCUT2D eigenvalue weighted by atomic mass is 79.9. The maximum Gasteiger partial charge on any atom is 0.0437 e. The Morgan fingerprint density at radius 3 is 2.22 bits per heavy atom. The smallest absolute Gasteiger partial charge is 0.0437 e. The van der Waals surface area contributed by atoms with E-state index in [4.69, 9.17) is 0 Å². The number of rotatable bonds is 4. The minimum Gasteiger partial charge on any atom is -0.370 e. The van der Waals surface area contributed by atoms with Crippen LogP contribution in [0.3, 0.4) is 0 Å². The van der Waals surface area contributed by atoms with Gasteiger partial charge in [0.15, 0.2) is 0 Å². The molecule has 0 aliphatic heterocycles. The molecule has 0 bridgehead atoms. The molecule has 94 valence electrons. The summed E-state index contributed by atoms with van der Waals surface area (Å²) in [5.74, 6) is 0.